The van der Waals surface area contributed by atoms with Crippen LogP contribution in [0.3, 0.4) is 0 Å². The van der Waals surface area contributed by atoms with Crippen LogP contribution in [0.1, 0.15) is 0 Å². The van der Waals surface area contributed by atoms with Crippen molar-refractivity contribution < 1.29 is 29.8 Å². The van der Waals surface area contributed by atoms with Gasteiger partial charge in [-0.25, -0.2) is 4.57 Å². The summed E-state index contributed by atoms with van der Waals surface area (Å²) in [5.74, 6) is 0. The van der Waals surface area contributed by atoms with E-state index in [1.165, 1.54) is 0 Å². The van der Waals surface area contributed by atoms with E-state index in [2.05, 4.69) is 0 Å². The highest BCUT2D eigenvalue weighted by Crippen LogP contribution is 2.25. The van der Waals surface area contributed by atoms with Gasteiger partial charge in [-0.05, 0) is 0 Å². The molecule has 0 amide bonds. The third-order valence-electron chi connectivity index (χ3n) is 0. The van der Waals surface area contributed by atoms with E-state index in [0.29, 0.717) is 0 Å². The van der Waals surface area contributed by atoms with E-state index in [1.807, 2.05) is 0 Å². The Hall–Kier alpha value is 0.0300. The molecular weight excluding hydrogens is 127 g/mol. The summed E-state index contributed by atoms with van der Waals surface area (Å²) >= 11 is 0. The highest BCUT2D eigenvalue weighted by atomic mass is 31.2. The lowest BCUT2D eigenvalue weighted by Crippen LogP contribution is -1.66. The second kappa shape index (κ2) is 4.20. The van der Waals surface area contributed by atoms with Crippen molar-refractivity contribution in [3.05, 3.63) is 0 Å². The lowest BCUT2D eigenvalue weighted by atomic mass is 15.0. The van der Waals surface area contributed by atoms with Gasteiger partial charge in [0.05, 0.1) is 0 Å². The smallest absolute Gasteiger partial charge is 0.303 e. The number of hydrogen-bond donors (Lipinski definition) is 5. The van der Waals surface area contributed by atoms with Crippen molar-refractivity contribution in [1.82, 2.24) is 0 Å². The van der Waals surface area contributed by atoms with E-state index < -0.39 is 7.82 Å². The first-order chi connectivity index (χ1) is 3.00. The first-order valence-corrected chi connectivity index (χ1v) is 2.55. The molecule has 7 heteroatoms. The van der Waals surface area contributed by atoms with Gasteiger partial charge in [0, 0.05) is 0 Å². The Bertz CT molecular complexity index is 50.3. The van der Waals surface area contributed by atoms with Gasteiger partial charge >= 0.3 is 7.82 Å². The molecule has 6 nitrogen and oxygen atoms in total. The molecule has 0 aliphatic rings. The van der Waals surface area contributed by atoms with Crippen molar-refractivity contribution in [1.29, 1.82) is 0 Å². The minimum Gasteiger partial charge on any atom is -0.303 e. The van der Waals surface area contributed by atoms with Crippen LogP contribution in [0.15, 0.2) is 0 Å². The predicted octanol–water partition coefficient (Wildman–Crippen LogP) is -0.911. The van der Waals surface area contributed by atoms with E-state index in [4.69, 9.17) is 29.8 Å². The van der Waals surface area contributed by atoms with Crippen LogP contribution < -0.4 is 0 Å². The van der Waals surface area contributed by atoms with Gasteiger partial charge in [-0.2, -0.15) is 0 Å². The lowest BCUT2D eigenvalue weighted by molar-refractivity contribution is -0.176. The van der Waals surface area contributed by atoms with E-state index in [9.17, 15) is 0 Å². The molecule has 46 valence electrons. The van der Waals surface area contributed by atoms with Gasteiger partial charge in [-0.3, -0.25) is 10.5 Å². The van der Waals surface area contributed by atoms with E-state index in [1.54, 1.807) is 0 Å². The molecule has 0 saturated carbocycles. The van der Waals surface area contributed by atoms with Crippen LogP contribution in [0.2, 0.25) is 0 Å². The molecule has 0 aliphatic heterocycles. The standard InChI is InChI=1S/H3O4P.H2O2/c1-5(2,3)4;1-2/h(H3,1,2,3,4);1-2H. The largest absolute Gasteiger partial charge is 0.466 e. The summed E-state index contributed by atoms with van der Waals surface area (Å²) in [6, 6.07) is 0. The summed E-state index contributed by atoms with van der Waals surface area (Å²) < 4.78 is 8.88. The molecule has 0 aliphatic carbocycles. The second-order valence-corrected chi connectivity index (χ2v) is 1.54. The van der Waals surface area contributed by atoms with Crippen molar-refractivity contribution >= 4 is 7.82 Å². The minimum absolute atomic E-state index is 4.64. The molecule has 0 aromatic carbocycles. The van der Waals surface area contributed by atoms with Crippen LogP contribution in [-0.4, -0.2) is 25.2 Å². The lowest BCUT2D eigenvalue weighted by Gasteiger charge is -1.82. The minimum atomic E-state index is -4.64. The summed E-state index contributed by atoms with van der Waals surface area (Å²) in [5.41, 5.74) is 0. The number of phosphoric acid groups is 1. The zero-order chi connectivity index (χ0) is 6.50. The molecule has 0 heterocycles. The molecule has 0 rings (SSSR count). The van der Waals surface area contributed by atoms with Crippen molar-refractivity contribution in [2.45, 2.75) is 0 Å². The van der Waals surface area contributed by atoms with Gasteiger partial charge in [0.2, 0.25) is 0 Å². The molecule has 0 saturated heterocycles. The van der Waals surface area contributed by atoms with Crippen LogP contribution in [-0.2, 0) is 4.57 Å². The van der Waals surface area contributed by atoms with Crippen molar-refractivity contribution in [3.63, 3.8) is 0 Å². The molecule has 0 aromatic heterocycles. The fourth-order valence-electron chi connectivity index (χ4n) is 0. The number of hydrogen-bond acceptors (Lipinski definition) is 3. The highest BCUT2D eigenvalue weighted by molar-refractivity contribution is 7.45. The van der Waals surface area contributed by atoms with Crippen LogP contribution in [0.5, 0.6) is 0 Å². The van der Waals surface area contributed by atoms with Crippen molar-refractivity contribution in [2.75, 3.05) is 0 Å². The molecule has 0 radical (unpaired) electrons. The van der Waals surface area contributed by atoms with Crippen LogP contribution in [0, 0.1) is 0 Å². The third kappa shape index (κ3) is 109000. The van der Waals surface area contributed by atoms with Crippen molar-refractivity contribution in [2.24, 2.45) is 0 Å². The van der Waals surface area contributed by atoms with Gasteiger partial charge in [-0.1, -0.05) is 0 Å². The Morgan fingerprint density at radius 2 is 1.00 bits per heavy atom. The summed E-state index contributed by atoms with van der Waals surface area (Å²) in [5, 5.41) is 12.0. The Balaban J connectivity index is 0. The molecule has 0 spiro atoms. The average Bonchev–Trinajstić information content (AvgIpc) is 1.36. The summed E-state index contributed by atoms with van der Waals surface area (Å²) in [6.07, 6.45) is 0. The molecular formula is H5O6P. The van der Waals surface area contributed by atoms with Gasteiger partial charge in [0.25, 0.3) is 0 Å². The van der Waals surface area contributed by atoms with Gasteiger partial charge < -0.3 is 14.7 Å². The van der Waals surface area contributed by atoms with Crippen LogP contribution in [0.4, 0.5) is 0 Å². The molecule has 0 aromatic rings. The van der Waals surface area contributed by atoms with E-state index in [0.717, 1.165) is 0 Å². The zero-order valence-corrected chi connectivity index (χ0v) is 3.99. The fraction of sp³-hybridized carbons (Fsp3) is 0. The quantitative estimate of drug-likeness (QED) is 0.165. The van der Waals surface area contributed by atoms with Gasteiger partial charge in [0.15, 0.2) is 0 Å². The average molecular weight is 132 g/mol. The van der Waals surface area contributed by atoms with E-state index in [-0.39, 0.29) is 0 Å². The molecule has 0 atom stereocenters. The Kier molecular flexibility index (Phi) is 6.06. The first-order valence-electron chi connectivity index (χ1n) is 0.983. The summed E-state index contributed by atoms with van der Waals surface area (Å²) in [7, 11) is -4.64. The second-order valence-electron chi connectivity index (χ2n) is 0.513. The molecule has 7 heavy (non-hydrogen) atoms. The normalized spacial score (nSPS) is 9.29. The molecule has 0 unspecified atom stereocenters. The maximum Gasteiger partial charge on any atom is 0.466 e. The predicted molar refractivity (Wildman–Crippen MR) is 19.5 cm³/mol. The third-order valence-corrected chi connectivity index (χ3v) is 0. The highest BCUT2D eigenvalue weighted by Gasteiger charge is 2.00. The van der Waals surface area contributed by atoms with E-state index >= 15 is 0 Å². The SMILES string of the molecule is O=P(O)(O)O.OO. The Morgan fingerprint density at radius 1 is 1.00 bits per heavy atom. The van der Waals surface area contributed by atoms with Gasteiger partial charge in [-0.15, -0.1) is 0 Å². The van der Waals surface area contributed by atoms with Crippen LogP contribution in [0.25, 0.3) is 0 Å². The van der Waals surface area contributed by atoms with Gasteiger partial charge in [0.1, 0.15) is 0 Å². The first kappa shape index (κ1) is 10.1. The molecule has 0 bridgehead atoms. The fourth-order valence-corrected chi connectivity index (χ4v) is 0. The topological polar surface area (TPSA) is 118 Å². The Morgan fingerprint density at radius 3 is 1.00 bits per heavy atom. The maximum atomic E-state index is 8.88. The summed E-state index contributed by atoms with van der Waals surface area (Å²) in [6.45, 7) is 0. The molecule has 5 N–H and O–H groups in total. The molecule has 0 fully saturated rings. The van der Waals surface area contributed by atoms with Crippen molar-refractivity contribution in [3.8, 4) is 0 Å². The maximum absolute atomic E-state index is 8.88. The monoisotopic (exact) mass is 132 g/mol. The Labute approximate surface area is 38.8 Å². The van der Waals surface area contributed by atoms with Crippen LogP contribution >= 0.6 is 7.82 Å². The number of rotatable bonds is 0. The zero-order valence-electron chi connectivity index (χ0n) is 3.09. The summed E-state index contributed by atoms with van der Waals surface area (Å²) in [4.78, 5) is 21.6.